The Morgan fingerprint density at radius 3 is 2.47 bits per heavy atom. The predicted molar refractivity (Wildman–Crippen MR) is 68.7 cm³/mol. The molecule has 0 amide bonds. The van der Waals surface area contributed by atoms with Crippen LogP contribution < -0.4 is 11.5 Å². The van der Waals surface area contributed by atoms with Gasteiger partial charge in [-0.3, -0.25) is 0 Å². The summed E-state index contributed by atoms with van der Waals surface area (Å²) in [5.74, 6) is -0.265. The molecule has 0 atom stereocenters. The minimum absolute atomic E-state index is 0.0276. The van der Waals surface area contributed by atoms with E-state index in [4.69, 9.17) is 16.6 Å². The van der Waals surface area contributed by atoms with Gasteiger partial charge in [0, 0.05) is 12.3 Å². The molecule has 0 unspecified atom stereocenters. The highest BCUT2D eigenvalue weighted by atomic mass is 32.2. The van der Waals surface area contributed by atoms with Crippen molar-refractivity contribution in [3.05, 3.63) is 23.7 Å². The number of aromatic carboxylic acids is 1. The molecular weight excluding hydrogens is 268 g/mol. The smallest absolute Gasteiger partial charge is 0.340 e. The first-order valence-corrected chi connectivity index (χ1v) is 5.92. The summed E-state index contributed by atoms with van der Waals surface area (Å²) < 4.78 is 0. The number of nitrogens with zero attached hydrogens (tertiary/aromatic N) is 4. The molecule has 2 rings (SSSR count). The van der Waals surface area contributed by atoms with Crippen LogP contribution in [0.3, 0.4) is 0 Å². The summed E-state index contributed by atoms with van der Waals surface area (Å²) in [6.45, 7) is 1.66. The molecule has 0 radical (unpaired) electrons. The zero-order valence-corrected chi connectivity index (χ0v) is 10.7. The second-order valence-corrected chi connectivity index (χ2v) is 4.50. The van der Waals surface area contributed by atoms with Gasteiger partial charge in [0.2, 0.25) is 0 Å². The fraction of sp³-hybridized carbons (Fsp3) is 0.100. The van der Waals surface area contributed by atoms with Crippen LogP contribution in [0.25, 0.3) is 0 Å². The number of carbonyl (C=O) groups is 1. The van der Waals surface area contributed by atoms with Crippen LogP contribution in [0, 0.1) is 6.92 Å². The van der Waals surface area contributed by atoms with Crippen LogP contribution in [0.15, 0.2) is 22.4 Å². The van der Waals surface area contributed by atoms with E-state index < -0.39 is 5.97 Å². The van der Waals surface area contributed by atoms with Gasteiger partial charge in [-0.1, -0.05) is 0 Å². The van der Waals surface area contributed by atoms with Crippen LogP contribution in [0.1, 0.15) is 16.2 Å². The van der Waals surface area contributed by atoms with Crippen molar-refractivity contribution in [3.8, 4) is 0 Å². The first kappa shape index (κ1) is 13.0. The molecule has 2 heterocycles. The molecule has 98 valence electrons. The average Bonchev–Trinajstić information content (AvgIpc) is 2.26. The van der Waals surface area contributed by atoms with E-state index in [9.17, 15) is 4.79 Å². The van der Waals surface area contributed by atoms with Crippen LogP contribution in [-0.2, 0) is 0 Å². The monoisotopic (exact) mass is 278 g/mol. The molecule has 8 nitrogen and oxygen atoms in total. The first-order valence-electron chi connectivity index (χ1n) is 5.10. The molecule has 0 bridgehead atoms. The molecule has 0 saturated carbocycles. The van der Waals surface area contributed by atoms with Gasteiger partial charge in [0.25, 0.3) is 0 Å². The molecule has 0 aliphatic rings. The summed E-state index contributed by atoms with van der Waals surface area (Å²) in [5.41, 5.74) is 11.1. The Balaban J connectivity index is 2.42. The summed E-state index contributed by atoms with van der Waals surface area (Å²) in [7, 11) is 0. The number of hydrogen-bond acceptors (Lipinski definition) is 8. The molecule has 2 aromatic rings. The van der Waals surface area contributed by atoms with Crippen molar-refractivity contribution in [2.45, 2.75) is 17.1 Å². The predicted octanol–water partition coefficient (Wildman–Crippen LogP) is 0.589. The Hall–Kier alpha value is -2.42. The third-order valence-corrected chi connectivity index (χ3v) is 2.91. The highest BCUT2D eigenvalue weighted by Crippen LogP contribution is 2.27. The van der Waals surface area contributed by atoms with Gasteiger partial charge in [-0.15, -0.1) is 0 Å². The fourth-order valence-corrected chi connectivity index (χ4v) is 2.17. The number of carboxylic acids is 1. The first-order chi connectivity index (χ1) is 8.95. The van der Waals surface area contributed by atoms with Gasteiger partial charge in [0.1, 0.15) is 28.0 Å². The number of nitrogens with two attached hydrogens (primary N) is 2. The van der Waals surface area contributed by atoms with E-state index in [2.05, 4.69) is 19.9 Å². The van der Waals surface area contributed by atoms with E-state index >= 15 is 0 Å². The number of carboxylic acid groups (broad SMARTS) is 1. The van der Waals surface area contributed by atoms with Crippen LogP contribution in [-0.4, -0.2) is 31.0 Å². The molecule has 0 spiro atoms. The number of anilines is 2. The Kier molecular flexibility index (Phi) is 3.47. The maximum atomic E-state index is 11.1. The van der Waals surface area contributed by atoms with E-state index in [-0.39, 0.29) is 27.4 Å². The van der Waals surface area contributed by atoms with Crippen molar-refractivity contribution in [3.63, 3.8) is 0 Å². The topological polar surface area (TPSA) is 141 Å². The average molecular weight is 278 g/mol. The number of nitrogen functional groups attached to an aromatic ring is 2. The molecule has 0 aliphatic carbocycles. The molecule has 2 aromatic heterocycles. The number of aromatic nitrogens is 4. The lowest BCUT2D eigenvalue weighted by Gasteiger charge is -2.05. The quantitative estimate of drug-likeness (QED) is 0.543. The Labute approximate surface area is 112 Å². The van der Waals surface area contributed by atoms with Crippen molar-refractivity contribution in [2.24, 2.45) is 0 Å². The molecule has 5 N–H and O–H groups in total. The van der Waals surface area contributed by atoms with Crippen molar-refractivity contribution < 1.29 is 9.90 Å². The second-order valence-electron chi connectivity index (χ2n) is 3.54. The summed E-state index contributed by atoms with van der Waals surface area (Å²) in [6.07, 6.45) is 1.24. The van der Waals surface area contributed by atoms with E-state index in [1.807, 2.05) is 0 Å². The minimum atomic E-state index is -1.13. The van der Waals surface area contributed by atoms with E-state index in [0.717, 1.165) is 11.8 Å². The number of rotatable bonds is 3. The summed E-state index contributed by atoms with van der Waals surface area (Å²) in [5, 5.41) is 9.54. The Morgan fingerprint density at radius 2 is 1.89 bits per heavy atom. The van der Waals surface area contributed by atoms with Crippen LogP contribution in [0.4, 0.5) is 11.6 Å². The molecule has 0 aliphatic heterocycles. The standard InChI is InChI=1S/C10H10N6O2S/c1-4-13-3-5(9(17)18)8(14-4)19-10-15-6(11)2-7(12)16-10/h2-3H,1H3,(H,17,18)(H4,11,12,15,16). The molecule has 0 aromatic carbocycles. The van der Waals surface area contributed by atoms with Gasteiger partial charge in [0.05, 0.1) is 0 Å². The highest BCUT2D eigenvalue weighted by Gasteiger charge is 2.15. The van der Waals surface area contributed by atoms with E-state index in [1.165, 1.54) is 12.3 Å². The molecule has 0 fully saturated rings. The van der Waals surface area contributed by atoms with E-state index in [0.29, 0.717) is 5.82 Å². The summed E-state index contributed by atoms with van der Waals surface area (Å²) in [6, 6.07) is 1.41. The van der Waals surface area contributed by atoms with Crippen molar-refractivity contribution >= 4 is 29.4 Å². The Bertz CT molecular complexity index is 628. The van der Waals surface area contributed by atoms with E-state index in [1.54, 1.807) is 6.92 Å². The third-order valence-electron chi connectivity index (χ3n) is 2.04. The largest absolute Gasteiger partial charge is 0.478 e. The van der Waals surface area contributed by atoms with Crippen LogP contribution in [0.2, 0.25) is 0 Å². The second kappa shape index (κ2) is 5.06. The lowest BCUT2D eigenvalue weighted by atomic mass is 10.3. The van der Waals surface area contributed by atoms with Crippen molar-refractivity contribution in [1.29, 1.82) is 0 Å². The summed E-state index contributed by atoms with van der Waals surface area (Å²) in [4.78, 5) is 26.9. The molecular formula is C10H10N6O2S. The lowest BCUT2D eigenvalue weighted by molar-refractivity contribution is 0.0691. The van der Waals surface area contributed by atoms with Gasteiger partial charge in [-0.25, -0.2) is 24.7 Å². The Morgan fingerprint density at radius 1 is 1.26 bits per heavy atom. The van der Waals surface area contributed by atoms with Crippen molar-refractivity contribution in [1.82, 2.24) is 19.9 Å². The van der Waals surface area contributed by atoms with Crippen LogP contribution in [0.5, 0.6) is 0 Å². The number of aryl methyl sites for hydroxylation is 1. The molecule has 19 heavy (non-hydrogen) atoms. The molecule has 0 saturated heterocycles. The SMILES string of the molecule is Cc1ncc(C(=O)O)c(Sc2nc(N)cc(N)n2)n1. The molecule has 9 heteroatoms. The van der Waals surface area contributed by atoms with Crippen molar-refractivity contribution in [2.75, 3.05) is 11.5 Å². The highest BCUT2D eigenvalue weighted by molar-refractivity contribution is 7.99. The maximum absolute atomic E-state index is 11.1. The van der Waals surface area contributed by atoms with Gasteiger partial charge in [0.15, 0.2) is 5.16 Å². The van der Waals surface area contributed by atoms with Crippen LogP contribution >= 0.6 is 11.8 Å². The maximum Gasteiger partial charge on any atom is 0.340 e. The minimum Gasteiger partial charge on any atom is -0.478 e. The zero-order chi connectivity index (χ0) is 14.0. The normalized spacial score (nSPS) is 10.4. The third kappa shape index (κ3) is 3.07. The van der Waals surface area contributed by atoms with Gasteiger partial charge < -0.3 is 16.6 Å². The van der Waals surface area contributed by atoms with Gasteiger partial charge in [-0.2, -0.15) is 0 Å². The van der Waals surface area contributed by atoms with Gasteiger partial charge in [-0.05, 0) is 18.7 Å². The number of hydrogen-bond donors (Lipinski definition) is 3. The zero-order valence-electron chi connectivity index (χ0n) is 9.86. The summed E-state index contributed by atoms with van der Waals surface area (Å²) >= 11 is 0.971. The van der Waals surface area contributed by atoms with Gasteiger partial charge >= 0.3 is 5.97 Å². The lowest BCUT2D eigenvalue weighted by Crippen LogP contribution is -2.05. The fourth-order valence-electron chi connectivity index (χ4n) is 1.27.